The van der Waals surface area contributed by atoms with Crippen LogP contribution in [0.5, 0.6) is 0 Å². The van der Waals surface area contributed by atoms with E-state index in [-0.39, 0.29) is 35.0 Å². The van der Waals surface area contributed by atoms with Gasteiger partial charge < -0.3 is 5.32 Å². The number of aromatic nitrogens is 1. The first-order chi connectivity index (χ1) is 15.5. The maximum atomic E-state index is 13.0. The molecule has 1 aliphatic rings. The number of rotatable bonds is 8. The number of nitrogens with one attached hydrogen (secondary N) is 1. The van der Waals surface area contributed by atoms with E-state index in [2.05, 4.69) is 10.3 Å². The van der Waals surface area contributed by atoms with Crippen molar-refractivity contribution in [1.82, 2.24) is 15.2 Å². The summed E-state index contributed by atoms with van der Waals surface area (Å²) in [7, 11) is 0. The highest BCUT2D eigenvalue weighted by atomic mass is 32.2. The van der Waals surface area contributed by atoms with Crippen LogP contribution in [0, 0.1) is 5.82 Å². The maximum absolute atomic E-state index is 13.0. The Morgan fingerprint density at radius 1 is 1.12 bits per heavy atom. The average molecular weight is 470 g/mol. The fourth-order valence-electron chi connectivity index (χ4n) is 3.23. The lowest BCUT2D eigenvalue weighted by molar-refractivity contribution is -0.124. The molecule has 0 atom stereocenters. The molecule has 0 unspecified atom stereocenters. The van der Waals surface area contributed by atoms with E-state index in [0.717, 1.165) is 38.3 Å². The lowest BCUT2D eigenvalue weighted by Crippen LogP contribution is -2.37. The number of thioether (sulfide) groups is 1. The number of imide groups is 1. The summed E-state index contributed by atoms with van der Waals surface area (Å²) < 4.78 is 14.2. The molecule has 1 aromatic heterocycles. The van der Waals surface area contributed by atoms with E-state index in [1.807, 2.05) is 24.3 Å². The first-order valence-electron chi connectivity index (χ1n) is 10.1. The summed E-state index contributed by atoms with van der Waals surface area (Å²) >= 11 is 2.47. The van der Waals surface area contributed by atoms with Gasteiger partial charge in [-0.3, -0.25) is 19.3 Å². The molecule has 1 fully saturated rings. The zero-order valence-corrected chi connectivity index (χ0v) is 18.7. The number of amides is 3. The zero-order chi connectivity index (χ0) is 22.5. The molecule has 2 heterocycles. The van der Waals surface area contributed by atoms with Crippen LogP contribution >= 0.6 is 23.1 Å². The SMILES string of the molecule is O=C(CCCc1nc2ccccc2s1)NCCN1C(=O)SC(=Cc2ccc(F)cc2)C1=O. The molecule has 3 amide bonds. The number of thiazole rings is 1. The molecule has 6 nitrogen and oxygen atoms in total. The first-order valence-corrected chi connectivity index (χ1v) is 11.7. The van der Waals surface area contributed by atoms with Crippen LogP contribution in [0.1, 0.15) is 23.4 Å². The smallest absolute Gasteiger partial charge is 0.293 e. The highest BCUT2D eigenvalue weighted by molar-refractivity contribution is 8.18. The Bertz CT molecular complexity index is 1160. The van der Waals surface area contributed by atoms with Gasteiger partial charge in [-0.2, -0.15) is 0 Å². The summed E-state index contributed by atoms with van der Waals surface area (Å²) in [5.74, 6) is -0.902. The van der Waals surface area contributed by atoms with E-state index in [4.69, 9.17) is 0 Å². The van der Waals surface area contributed by atoms with Gasteiger partial charge in [0.15, 0.2) is 0 Å². The number of halogens is 1. The van der Waals surface area contributed by atoms with Gasteiger partial charge in [-0.1, -0.05) is 24.3 Å². The standard InChI is InChI=1S/C23H20FN3O3S2/c24-16-10-8-15(9-11-16)14-19-22(29)27(23(30)32-19)13-12-25-20(28)6-3-7-21-26-17-4-1-2-5-18(17)31-21/h1-2,4-5,8-11,14H,3,6-7,12-13H2,(H,25,28). The molecule has 32 heavy (non-hydrogen) atoms. The molecular weight excluding hydrogens is 449 g/mol. The molecular formula is C23H20FN3O3S2. The van der Waals surface area contributed by atoms with Gasteiger partial charge in [-0.15, -0.1) is 11.3 Å². The Hall–Kier alpha value is -3.04. The molecule has 164 valence electrons. The van der Waals surface area contributed by atoms with Crippen LogP contribution in [0.2, 0.25) is 0 Å². The van der Waals surface area contributed by atoms with E-state index in [1.165, 1.54) is 24.3 Å². The van der Waals surface area contributed by atoms with Crippen molar-refractivity contribution in [3.63, 3.8) is 0 Å². The lowest BCUT2D eigenvalue weighted by Gasteiger charge is -2.12. The Morgan fingerprint density at radius 2 is 1.91 bits per heavy atom. The van der Waals surface area contributed by atoms with Gasteiger partial charge in [-0.25, -0.2) is 9.37 Å². The van der Waals surface area contributed by atoms with Gasteiger partial charge in [0, 0.05) is 19.5 Å². The minimum atomic E-state index is -0.408. The summed E-state index contributed by atoms with van der Waals surface area (Å²) in [5.41, 5.74) is 1.61. The van der Waals surface area contributed by atoms with Crippen LogP contribution in [-0.4, -0.2) is 40.0 Å². The van der Waals surface area contributed by atoms with Crippen LogP contribution in [0.15, 0.2) is 53.4 Å². The van der Waals surface area contributed by atoms with E-state index >= 15 is 0 Å². The molecule has 4 rings (SSSR count). The number of hydrogen-bond acceptors (Lipinski definition) is 6. The topological polar surface area (TPSA) is 79.4 Å². The third-order valence-corrected chi connectivity index (χ3v) is 6.84. The monoisotopic (exact) mass is 469 g/mol. The largest absolute Gasteiger partial charge is 0.354 e. The fraction of sp³-hybridized carbons (Fsp3) is 0.217. The van der Waals surface area contributed by atoms with Crippen molar-refractivity contribution in [2.75, 3.05) is 13.1 Å². The van der Waals surface area contributed by atoms with E-state index < -0.39 is 5.91 Å². The second-order valence-corrected chi connectivity index (χ2v) is 9.27. The molecule has 9 heteroatoms. The van der Waals surface area contributed by atoms with Crippen molar-refractivity contribution >= 4 is 56.4 Å². The van der Waals surface area contributed by atoms with Crippen LogP contribution < -0.4 is 5.32 Å². The highest BCUT2D eigenvalue weighted by Gasteiger charge is 2.34. The fourth-order valence-corrected chi connectivity index (χ4v) is 5.10. The molecule has 0 spiro atoms. The minimum Gasteiger partial charge on any atom is -0.354 e. The number of carbonyl (C=O) groups is 3. The maximum Gasteiger partial charge on any atom is 0.293 e. The van der Waals surface area contributed by atoms with Gasteiger partial charge >= 0.3 is 0 Å². The van der Waals surface area contributed by atoms with Crippen molar-refractivity contribution in [1.29, 1.82) is 0 Å². The van der Waals surface area contributed by atoms with Crippen molar-refractivity contribution in [3.8, 4) is 0 Å². The molecule has 0 aliphatic carbocycles. The number of fused-ring (bicyclic) bond motifs is 1. The molecule has 2 aromatic carbocycles. The molecule has 0 radical (unpaired) electrons. The second-order valence-electron chi connectivity index (χ2n) is 7.16. The van der Waals surface area contributed by atoms with Crippen molar-refractivity contribution in [3.05, 3.63) is 69.8 Å². The summed E-state index contributed by atoms with van der Waals surface area (Å²) in [6, 6.07) is 13.6. The summed E-state index contributed by atoms with van der Waals surface area (Å²) in [6.45, 7) is 0.302. The zero-order valence-electron chi connectivity index (χ0n) is 17.0. The minimum absolute atomic E-state index is 0.106. The normalized spacial score (nSPS) is 15.2. The van der Waals surface area contributed by atoms with Crippen molar-refractivity contribution < 1.29 is 18.8 Å². The molecule has 3 aromatic rings. The second kappa shape index (κ2) is 10.1. The van der Waals surface area contributed by atoms with Gasteiger partial charge in [0.25, 0.3) is 11.1 Å². The number of benzene rings is 2. The van der Waals surface area contributed by atoms with E-state index in [1.54, 1.807) is 17.4 Å². The van der Waals surface area contributed by atoms with Crippen molar-refractivity contribution in [2.45, 2.75) is 19.3 Å². The number of nitrogens with zero attached hydrogens (tertiary/aromatic N) is 2. The Balaban J connectivity index is 1.21. The Morgan fingerprint density at radius 3 is 2.69 bits per heavy atom. The Labute approximate surface area is 192 Å². The van der Waals surface area contributed by atoms with Gasteiger partial charge in [-0.05, 0) is 60.5 Å². The first kappa shape index (κ1) is 22.2. The Kier molecular flexibility index (Phi) is 6.96. The van der Waals surface area contributed by atoms with E-state index in [0.29, 0.717) is 18.4 Å². The average Bonchev–Trinajstić information content (AvgIpc) is 3.30. The van der Waals surface area contributed by atoms with Crippen LogP contribution in [-0.2, 0) is 16.0 Å². The van der Waals surface area contributed by atoms with Crippen molar-refractivity contribution in [2.24, 2.45) is 0 Å². The lowest BCUT2D eigenvalue weighted by atomic mass is 10.2. The third-order valence-electron chi connectivity index (χ3n) is 4.83. The number of carbonyl (C=O) groups excluding carboxylic acids is 3. The molecule has 1 saturated heterocycles. The highest BCUT2D eigenvalue weighted by Crippen LogP contribution is 2.31. The van der Waals surface area contributed by atoms with Crippen LogP contribution in [0.4, 0.5) is 9.18 Å². The molecule has 1 aliphatic heterocycles. The molecule has 1 N–H and O–H groups in total. The van der Waals surface area contributed by atoms with Gasteiger partial charge in [0.05, 0.1) is 20.1 Å². The number of hydrogen-bond donors (Lipinski definition) is 1. The van der Waals surface area contributed by atoms with Crippen LogP contribution in [0.3, 0.4) is 0 Å². The quantitative estimate of drug-likeness (QED) is 0.488. The summed E-state index contributed by atoms with van der Waals surface area (Å²) in [4.78, 5) is 42.7. The molecule has 0 bridgehead atoms. The predicted molar refractivity (Wildman–Crippen MR) is 125 cm³/mol. The van der Waals surface area contributed by atoms with Gasteiger partial charge in [0.2, 0.25) is 5.91 Å². The number of aryl methyl sites for hydroxylation is 1. The third kappa shape index (κ3) is 5.41. The van der Waals surface area contributed by atoms with E-state index in [9.17, 15) is 18.8 Å². The number of para-hydroxylation sites is 1. The molecule has 0 saturated carbocycles. The van der Waals surface area contributed by atoms with Crippen LogP contribution in [0.25, 0.3) is 16.3 Å². The summed E-state index contributed by atoms with van der Waals surface area (Å²) in [6.07, 6.45) is 3.31. The predicted octanol–water partition coefficient (Wildman–Crippen LogP) is 4.61. The van der Waals surface area contributed by atoms with Gasteiger partial charge in [0.1, 0.15) is 5.82 Å². The summed E-state index contributed by atoms with van der Waals surface area (Å²) in [5, 5.41) is 3.39.